The van der Waals surface area contributed by atoms with Gasteiger partial charge in [-0.2, -0.15) is 0 Å². The maximum Gasteiger partial charge on any atom is 0.0894 e. The number of hydrogen-bond donors (Lipinski definition) is 1. The standard InChI is InChI=1S/C18H14N4/c1-12-18(22-17-9-5-4-8-16(17)20-12)10-13-11-19-14-6-2-3-7-15(14)21-13/h2-11,22H,1H3. The van der Waals surface area contributed by atoms with Crippen LogP contribution in [0.4, 0.5) is 11.4 Å². The highest BCUT2D eigenvalue weighted by atomic mass is 15.0. The average molecular weight is 286 g/mol. The number of aromatic nitrogens is 2. The molecule has 2 heterocycles. The Morgan fingerprint density at radius 2 is 1.73 bits per heavy atom. The summed E-state index contributed by atoms with van der Waals surface area (Å²) in [7, 11) is 0. The van der Waals surface area contributed by atoms with Gasteiger partial charge < -0.3 is 5.32 Å². The van der Waals surface area contributed by atoms with Gasteiger partial charge in [-0.05, 0) is 37.3 Å². The highest BCUT2D eigenvalue weighted by Crippen LogP contribution is 2.30. The second kappa shape index (κ2) is 5.07. The van der Waals surface area contributed by atoms with E-state index in [0.29, 0.717) is 0 Å². The zero-order valence-electron chi connectivity index (χ0n) is 12.1. The normalized spacial score (nSPS) is 15.3. The first kappa shape index (κ1) is 12.7. The van der Waals surface area contributed by atoms with Gasteiger partial charge in [0.1, 0.15) is 0 Å². The van der Waals surface area contributed by atoms with E-state index in [1.54, 1.807) is 6.20 Å². The Hall–Kier alpha value is -3.01. The number of anilines is 1. The fourth-order valence-electron chi connectivity index (χ4n) is 2.48. The van der Waals surface area contributed by atoms with E-state index < -0.39 is 0 Å². The molecule has 4 rings (SSSR count). The lowest BCUT2D eigenvalue weighted by atomic mass is 10.1. The number of aliphatic imine (C=N–C) groups is 1. The quantitative estimate of drug-likeness (QED) is 0.729. The molecule has 1 aromatic heterocycles. The summed E-state index contributed by atoms with van der Waals surface area (Å²) in [6, 6.07) is 15.9. The third kappa shape index (κ3) is 2.24. The van der Waals surface area contributed by atoms with Gasteiger partial charge in [0.15, 0.2) is 0 Å². The van der Waals surface area contributed by atoms with E-state index in [1.165, 1.54) is 0 Å². The van der Waals surface area contributed by atoms with Gasteiger partial charge in [0, 0.05) is 0 Å². The highest BCUT2D eigenvalue weighted by molar-refractivity contribution is 6.08. The first-order valence-corrected chi connectivity index (χ1v) is 7.15. The Morgan fingerprint density at radius 3 is 2.64 bits per heavy atom. The Kier molecular flexibility index (Phi) is 2.93. The lowest BCUT2D eigenvalue weighted by Gasteiger charge is -2.18. The minimum absolute atomic E-state index is 0.815. The molecule has 2 aromatic carbocycles. The second-order valence-electron chi connectivity index (χ2n) is 5.18. The van der Waals surface area contributed by atoms with Gasteiger partial charge in [-0.25, -0.2) is 9.98 Å². The van der Waals surface area contributed by atoms with Crippen LogP contribution in [0.3, 0.4) is 0 Å². The molecule has 0 aliphatic carbocycles. The van der Waals surface area contributed by atoms with Crippen molar-refractivity contribution in [1.29, 1.82) is 0 Å². The Morgan fingerprint density at radius 1 is 0.955 bits per heavy atom. The van der Waals surface area contributed by atoms with E-state index >= 15 is 0 Å². The molecule has 0 radical (unpaired) electrons. The van der Waals surface area contributed by atoms with Crippen LogP contribution in [0.1, 0.15) is 12.6 Å². The van der Waals surface area contributed by atoms with Crippen molar-refractivity contribution in [3.05, 3.63) is 66.1 Å². The molecular formula is C18H14N4. The van der Waals surface area contributed by atoms with Crippen LogP contribution in [0, 0.1) is 0 Å². The second-order valence-corrected chi connectivity index (χ2v) is 5.18. The van der Waals surface area contributed by atoms with Crippen LogP contribution in [0.2, 0.25) is 0 Å². The van der Waals surface area contributed by atoms with Crippen LogP contribution in [-0.2, 0) is 0 Å². The summed E-state index contributed by atoms with van der Waals surface area (Å²) in [6.45, 7) is 1.99. The molecule has 0 saturated heterocycles. The molecule has 0 unspecified atom stereocenters. The SMILES string of the molecule is CC1=Nc2ccccc2NC1=Cc1cnc2ccccc2n1. The Bertz CT molecular complexity index is 925. The van der Waals surface area contributed by atoms with Gasteiger partial charge in [0.2, 0.25) is 0 Å². The highest BCUT2D eigenvalue weighted by Gasteiger charge is 2.12. The van der Waals surface area contributed by atoms with E-state index in [1.807, 2.05) is 61.5 Å². The number of nitrogens with one attached hydrogen (secondary N) is 1. The van der Waals surface area contributed by atoms with E-state index in [9.17, 15) is 0 Å². The zero-order valence-corrected chi connectivity index (χ0v) is 12.1. The van der Waals surface area contributed by atoms with Gasteiger partial charge in [0.25, 0.3) is 0 Å². The number of hydrogen-bond acceptors (Lipinski definition) is 4. The van der Waals surface area contributed by atoms with E-state index in [2.05, 4.69) is 20.3 Å². The van der Waals surface area contributed by atoms with Crippen LogP contribution in [0.15, 0.2) is 65.4 Å². The third-order valence-electron chi connectivity index (χ3n) is 3.61. The Balaban J connectivity index is 1.76. The van der Waals surface area contributed by atoms with Crippen molar-refractivity contribution < 1.29 is 0 Å². The number of fused-ring (bicyclic) bond motifs is 2. The maximum absolute atomic E-state index is 4.63. The van der Waals surface area contributed by atoms with Gasteiger partial charge in [-0.1, -0.05) is 24.3 Å². The molecule has 0 amide bonds. The van der Waals surface area contributed by atoms with Crippen LogP contribution >= 0.6 is 0 Å². The fraction of sp³-hybridized carbons (Fsp3) is 0.0556. The largest absolute Gasteiger partial charge is 0.352 e. The van der Waals surface area contributed by atoms with Crippen molar-refractivity contribution >= 4 is 34.2 Å². The molecule has 106 valence electrons. The minimum atomic E-state index is 0.815. The summed E-state index contributed by atoms with van der Waals surface area (Å²) in [4.78, 5) is 13.7. The van der Waals surface area contributed by atoms with Crippen LogP contribution < -0.4 is 5.32 Å². The third-order valence-corrected chi connectivity index (χ3v) is 3.61. The molecule has 3 aromatic rings. The van der Waals surface area contributed by atoms with E-state index in [0.717, 1.165) is 39.5 Å². The lowest BCUT2D eigenvalue weighted by Crippen LogP contribution is -2.12. The fourth-order valence-corrected chi connectivity index (χ4v) is 2.48. The van der Waals surface area contributed by atoms with Crippen molar-refractivity contribution in [3.8, 4) is 0 Å². The molecule has 4 nitrogen and oxygen atoms in total. The predicted octanol–water partition coefficient (Wildman–Crippen LogP) is 4.19. The summed E-state index contributed by atoms with van der Waals surface area (Å²) in [6.07, 6.45) is 3.76. The molecular weight excluding hydrogens is 272 g/mol. The lowest BCUT2D eigenvalue weighted by molar-refractivity contribution is 1.26. The summed E-state index contributed by atoms with van der Waals surface area (Å²) >= 11 is 0. The maximum atomic E-state index is 4.63. The molecule has 0 saturated carbocycles. The smallest absolute Gasteiger partial charge is 0.0894 e. The first-order valence-electron chi connectivity index (χ1n) is 7.15. The average Bonchev–Trinajstić information content (AvgIpc) is 2.55. The van der Waals surface area contributed by atoms with Crippen molar-refractivity contribution in [3.63, 3.8) is 0 Å². The number of allylic oxidation sites excluding steroid dienone is 1. The predicted molar refractivity (Wildman–Crippen MR) is 90.3 cm³/mol. The molecule has 0 bridgehead atoms. The summed E-state index contributed by atoms with van der Waals surface area (Å²) < 4.78 is 0. The van der Waals surface area contributed by atoms with Crippen LogP contribution in [0.25, 0.3) is 17.1 Å². The van der Waals surface area contributed by atoms with Crippen LogP contribution in [0.5, 0.6) is 0 Å². The number of benzene rings is 2. The van der Waals surface area contributed by atoms with Gasteiger partial charge >= 0.3 is 0 Å². The van der Waals surface area contributed by atoms with Crippen molar-refractivity contribution in [2.75, 3.05) is 5.32 Å². The molecule has 1 aliphatic heterocycles. The monoisotopic (exact) mass is 286 g/mol. The minimum Gasteiger partial charge on any atom is -0.352 e. The molecule has 0 fully saturated rings. The topological polar surface area (TPSA) is 50.2 Å². The van der Waals surface area contributed by atoms with Gasteiger partial charge in [-0.3, -0.25) is 4.98 Å². The molecule has 0 spiro atoms. The van der Waals surface area contributed by atoms with E-state index in [-0.39, 0.29) is 0 Å². The van der Waals surface area contributed by atoms with Crippen molar-refractivity contribution in [2.24, 2.45) is 4.99 Å². The zero-order chi connectivity index (χ0) is 14.9. The Labute approximate surface area is 128 Å². The summed E-state index contributed by atoms with van der Waals surface area (Å²) in [5.74, 6) is 0. The summed E-state index contributed by atoms with van der Waals surface area (Å²) in [5.41, 5.74) is 6.46. The summed E-state index contributed by atoms with van der Waals surface area (Å²) in [5, 5.41) is 3.41. The van der Waals surface area contributed by atoms with Crippen LogP contribution in [-0.4, -0.2) is 15.7 Å². The molecule has 1 N–H and O–H groups in total. The molecule has 22 heavy (non-hydrogen) atoms. The van der Waals surface area contributed by atoms with E-state index in [4.69, 9.17) is 0 Å². The van der Waals surface area contributed by atoms with Gasteiger partial charge in [0.05, 0.1) is 45.7 Å². The van der Waals surface area contributed by atoms with Gasteiger partial charge in [-0.15, -0.1) is 0 Å². The van der Waals surface area contributed by atoms with Crippen molar-refractivity contribution in [1.82, 2.24) is 9.97 Å². The molecule has 4 heteroatoms. The molecule has 1 aliphatic rings. The van der Waals surface area contributed by atoms with Crippen molar-refractivity contribution in [2.45, 2.75) is 6.92 Å². The number of rotatable bonds is 1. The molecule has 0 atom stereocenters. The first-order chi connectivity index (χ1) is 10.8. The number of nitrogens with zero attached hydrogens (tertiary/aromatic N) is 3. The number of para-hydroxylation sites is 4.